The lowest BCUT2D eigenvalue weighted by atomic mass is 10.1. The normalized spacial score (nSPS) is 11.3. The third kappa shape index (κ3) is 4.34. The molecule has 1 N–H and O–H groups in total. The van der Waals surface area contributed by atoms with Gasteiger partial charge in [0.1, 0.15) is 5.75 Å². The largest absolute Gasteiger partial charge is 0.464 e. The smallest absolute Gasteiger partial charge is 0.413 e. The van der Waals surface area contributed by atoms with Gasteiger partial charge in [-0.15, -0.1) is 0 Å². The fraction of sp³-hybridized carbons (Fsp3) is 0.176. The number of para-hydroxylation sites is 1. The van der Waals surface area contributed by atoms with Crippen molar-refractivity contribution in [3.63, 3.8) is 0 Å². The standard InChI is InChI=1S/C17H17NO4/c1-2-21-16(19)15(13-9-5-3-6-10-13)18-17(20)22-14-11-7-4-8-12-14/h3-12,15H,2H2,1H3,(H,18,20)/t15-/m1/s1. The first-order valence-corrected chi connectivity index (χ1v) is 6.95. The maximum atomic E-state index is 12.0. The van der Waals surface area contributed by atoms with Crippen LogP contribution in [0.3, 0.4) is 0 Å². The molecule has 5 nitrogen and oxygen atoms in total. The van der Waals surface area contributed by atoms with E-state index in [0.717, 1.165) is 0 Å². The van der Waals surface area contributed by atoms with Crippen LogP contribution in [-0.4, -0.2) is 18.7 Å². The number of carbonyl (C=O) groups excluding carboxylic acids is 2. The van der Waals surface area contributed by atoms with Gasteiger partial charge in [-0.3, -0.25) is 0 Å². The highest BCUT2D eigenvalue weighted by Gasteiger charge is 2.24. The molecule has 1 amide bonds. The van der Waals surface area contributed by atoms with E-state index in [1.807, 2.05) is 12.1 Å². The number of nitrogens with one attached hydrogen (secondary N) is 1. The lowest BCUT2D eigenvalue weighted by molar-refractivity contribution is -0.145. The van der Waals surface area contributed by atoms with E-state index >= 15 is 0 Å². The summed E-state index contributed by atoms with van der Waals surface area (Å²) in [6.07, 6.45) is -0.715. The molecule has 0 saturated heterocycles. The molecule has 0 bridgehead atoms. The van der Waals surface area contributed by atoms with E-state index in [1.54, 1.807) is 55.5 Å². The Morgan fingerprint density at radius 3 is 2.18 bits per heavy atom. The average Bonchev–Trinajstić information content (AvgIpc) is 2.54. The van der Waals surface area contributed by atoms with E-state index in [2.05, 4.69) is 5.32 Å². The Balaban J connectivity index is 2.09. The van der Waals surface area contributed by atoms with Crippen LogP contribution in [-0.2, 0) is 9.53 Å². The van der Waals surface area contributed by atoms with Gasteiger partial charge in [0.15, 0.2) is 6.04 Å². The number of carbonyl (C=O) groups is 2. The van der Waals surface area contributed by atoms with Crippen LogP contribution < -0.4 is 10.1 Å². The van der Waals surface area contributed by atoms with Crippen LogP contribution in [0.5, 0.6) is 5.75 Å². The van der Waals surface area contributed by atoms with Crippen molar-refractivity contribution in [2.75, 3.05) is 6.61 Å². The van der Waals surface area contributed by atoms with Gasteiger partial charge in [-0.2, -0.15) is 0 Å². The fourth-order valence-corrected chi connectivity index (χ4v) is 1.89. The molecule has 0 heterocycles. The minimum absolute atomic E-state index is 0.234. The van der Waals surface area contributed by atoms with Gasteiger partial charge >= 0.3 is 12.1 Å². The van der Waals surface area contributed by atoms with Crippen molar-refractivity contribution in [3.05, 3.63) is 66.2 Å². The van der Waals surface area contributed by atoms with E-state index in [1.165, 1.54) is 0 Å². The zero-order valence-corrected chi connectivity index (χ0v) is 12.2. The molecule has 0 aromatic heterocycles. The highest BCUT2D eigenvalue weighted by atomic mass is 16.6. The van der Waals surface area contributed by atoms with Crippen molar-refractivity contribution in [1.29, 1.82) is 0 Å². The summed E-state index contributed by atoms with van der Waals surface area (Å²) in [5, 5.41) is 2.53. The quantitative estimate of drug-likeness (QED) is 0.862. The number of benzene rings is 2. The maximum absolute atomic E-state index is 12.0. The average molecular weight is 299 g/mol. The molecule has 2 aromatic carbocycles. The Bertz CT molecular complexity index is 613. The topological polar surface area (TPSA) is 64.6 Å². The van der Waals surface area contributed by atoms with Crippen LogP contribution in [0.1, 0.15) is 18.5 Å². The number of ether oxygens (including phenoxy) is 2. The first-order valence-electron chi connectivity index (χ1n) is 6.95. The summed E-state index contributed by atoms with van der Waals surface area (Å²) in [4.78, 5) is 24.0. The zero-order chi connectivity index (χ0) is 15.8. The molecule has 0 aliphatic heterocycles. The van der Waals surface area contributed by atoms with Crippen LogP contribution in [0.2, 0.25) is 0 Å². The van der Waals surface area contributed by atoms with Crippen LogP contribution in [0.15, 0.2) is 60.7 Å². The lowest BCUT2D eigenvalue weighted by Crippen LogP contribution is -2.36. The van der Waals surface area contributed by atoms with Crippen LogP contribution >= 0.6 is 0 Å². The van der Waals surface area contributed by atoms with Gasteiger partial charge in [0.25, 0.3) is 0 Å². The molecule has 5 heteroatoms. The third-order valence-electron chi connectivity index (χ3n) is 2.87. The molecule has 0 aliphatic carbocycles. The van der Waals surface area contributed by atoms with E-state index in [9.17, 15) is 9.59 Å². The summed E-state index contributed by atoms with van der Waals surface area (Å²) in [5.74, 6) is -0.130. The summed E-state index contributed by atoms with van der Waals surface area (Å²) in [6, 6.07) is 16.6. The van der Waals surface area contributed by atoms with Crippen molar-refractivity contribution in [1.82, 2.24) is 5.32 Å². The molecular weight excluding hydrogens is 282 g/mol. The lowest BCUT2D eigenvalue weighted by Gasteiger charge is -2.17. The van der Waals surface area contributed by atoms with E-state index in [4.69, 9.17) is 9.47 Å². The SMILES string of the molecule is CCOC(=O)[C@H](NC(=O)Oc1ccccc1)c1ccccc1. The first kappa shape index (κ1) is 15.6. The number of hydrogen-bond donors (Lipinski definition) is 1. The Morgan fingerprint density at radius 1 is 1.00 bits per heavy atom. The summed E-state index contributed by atoms with van der Waals surface area (Å²) in [7, 11) is 0. The summed E-state index contributed by atoms with van der Waals surface area (Å²) in [6.45, 7) is 1.94. The first-order chi connectivity index (χ1) is 10.7. The second-order valence-corrected chi connectivity index (χ2v) is 4.44. The highest BCUT2D eigenvalue weighted by Crippen LogP contribution is 2.15. The maximum Gasteiger partial charge on any atom is 0.413 e. The second kappa shape index (κ2) is 7.83. The van der Waals surface area contributed by atoms with Crippen LogP contribution in [0.4, 0.5) is 4.79 Å². The predicted molar refractivity (Wildman–Crippen MR) is 81.4 cm³/mol. The molecule has 1 atom stereocenters. The molecular formula is C17H17NO4. The van der Waals surface area contributed by atoms with Crippen LogP contribution in [0, 0.1) is 0 Å². The van der Waals surface area contributed by atoms with E-state index < -0.39 is 18.1 Å². The monoisotopic (exact) mass is 299 g/mol. The van der Waals surface area contributed by atoms with E-state index in [-0.39, 0.29) is 6.61 Å². The minimum atomic E-state index is -0.905. The highest BCUT2D eigenvalue weighted by molar-refractivity contribution is 5.83. The molecule has 2 aromatic rings. The molecule has 0 fully saturated rings. The fourth-order valence-electron chi connectivity index (χ4n) is 1.89. The van der Waals surface area contributed by atoms with Crippen LogP contribution in [0.25, 0.3) is 0 Å². The van der Waals surface area contributed by atoms with Crippen molar-refractivity contribution in [2.45, 2.75) is 13.0 Å². The Kier molecular flexibility index (Phi) is 5.54. The predicted octanol–water partition coefficient (Wildman–Crippen LogP) is 3.08. The Morgan fingerprint density at radius 2 is 1.59 bits per heavy atom. The van der Waals surface area contributed by atoms with Crippen molar-refractivity contribution >= 4 is 12.1 Å². The molecule has 114 valence electrons. The molecule has 0 unspecified atom stereocenters. The van der Waals surface area contributed by atoms with Gasteiger partial charge in [-0.1, -0.05) is 48.5 Å². The third-order valence-corrected chi connectivity index (χ3v) is 2.87. The van der Waals surface area contributed by atoms with Gasteiger partial charge in [0.2, 0.25) is 0 Å². The van der Waals surface area contributed by atoms with E-state index in [0.29, 0.717) is 11.3 Å². The number of esters is 1. The van der Waals surface area contributed by atoms with Gasteiger partial charge in [0, 0.05) is 0 Å². The summed E-state index contributed by atoms with van der Waals surface area (Å²) in [5.41, 5.74) is 0.631. The van der Waals surface area contributed by atoms with Crippen molar-refractivity contribution in [3.8, 4) is 5.75 Å². The summed E-state index contributed by atoms with van der Waals surface area (Å²) >= 11 is 0. The molecule has 0 radical (unpaired) electrons. The van der Waals surface area contributed by atoms with Crippen molar-refractivity contribution in [2.24, 2.45) is 0 Å². The Labute approximate surface area is 128 Å². The number of amides is 1. The minimum Gasteiger partial charge on any atom is -0.464 e. The van der Waals surface area contributed by atoms with Gasteiger partial charge < -0.3 is 14.8 Å². The summed E-state index contributed by atoms with van der Waals surface area (Å²) < 4.78 is 10.1. The van der Waals surface area contributed by atoms with Gasteiger partial charge in [0.05, 0.1) is 6.61 Å². The molecule has 22 heavy (non-hydrogen) atoms. The van der Waals surface area contributed by atoms with Crippen molar-refractivity contribution < 1.29 is 19.1 Å². The second-order valence-electron chi connectivity index (χ2n) is 4.44. The van der Waals surface area contributed by atoms with Gasteiger partial charge in [-0.25, -0.2) is 9.59 Å². The number of hydrogen-bond acceptors (Lipinski definition) is 4. The molecule has 0 aliphatic rings. The molecule has 0 saturated carbocycles. The molecule has 0 spiro atoms. The Hall–Kier alpha value is -2.82. The molecule has 2 rings (SSSR count). The zero-order valence-electron chi connectivity index (χ0n) is 12.2. The van der Waals surface area contributed by atoms with Gasteiger partial charge in [-0.05, 0) is 24.6 Å². The number of rotatable bonds is 5.